The number of benzene rings is 2. The first-order chi connectivity index (χ1) is 16.9. The molecule has 1 amide bonds. The van der Waals surface area contributed by atoms with E-state index < -0.39 is 29.7 Å². The zero-order valence-corrected chi connectivity index (χ0v) is 20.3. The van der Waals surface area contributed by atoms with Gasteiger partial charge in [0.05, 0.1) is 6.04 Å². The molecule has 3 aromatic rings. The molecule has 0 bridgehead atoms. The Morgan fingerprint density at radius 3 is 2.60 bits per heavy atom. The summed E-state index contributed by atoms with van der Waals surface area (Å²) in [5, 5.41) is 23.0. The molecule has 0 aliphatic carbocycles. The Balaban J connectivity index is 1.27. The normalized spacial score (nSPS) is 17.3. The Morgan fingerprint density at radius 2 is 1.83 bits per heavy atom. The molecule has 0 radical (unpaired) electrons. The van der Waals surface area contributed by atoms with Crippen LogP contribution in [0.1, 0.15) is 53.3 Å². The minimum atomic E-state index is -1.82. The van der Waals surface area contributed by atoms with Crippen molar-refractivity contribution < 1.29 is 24.2 Å². The van der Waals surface area contributed by atoms with Crippen LogP contribution in [0, 0.1) is 5.82 Å². The molecule has 5 nitrogen and oxygen atoms in total. The smallest absolute Gasteiger partial charge is 0.255 e. The van der Waals surface area contributed by atoms with Gasteiger partial charge in [0, 0.05) is 17.8 Å². The van der Waals surface area contributed by atoms with E-state index in [-0.39, 0.29) is 12.5 Å². The van der Waals surface area contributed by atoms with E-state index in [4.69, 9.17) is 0 Å². The summed E-state index contributed by atoms with van der Waals surface area (Å²) in [5.41, 5.74) is 3.11. The number of carbonyl (C=O) groups excluding carboxylic acids is 2. The topological polar surface area (TPSA) is 77.8 Å². The van der Waals surface area contributed by atoms with E-state index in [0.29, 0.717) is 37.8 Å². The van der Waals surface area contributed by atoms with Gasteiger partial charge < -0.3 is 15.1 Å². The van der Waals surface area contributed by atoms with Crippen LogP contribution >= 0.6 is 11.3 Å². The third-order valence-corrected chi connectivity index (χ3v) is 7.50. The van der Waals surface area contributed by atoms with Gasteiger partial charge in [-0.25, -0.2) is 4.39 Å². The van der Waals surface area contributed by atoms with Gasteiger partial charge in [0.1, 0.15) is 11.9 Å². The van der Waals surface area contributed by atoms with E-state index >= 15 is 0 Å². The van der Waals surface area contributed by atoms with Crippen molar-refractivity contribution in [1.29, 1.82) is 0 Å². The van der Waals surface area contributed by atoms with E-state index in [9.17, 15) is 24.2 Å². The summed E-state index contributed by atoms with van der Waals surface area (Å²) in [6, 6.07) is 18.0. The summed E-state index contributed by atoms with van der Waals surface area (Å²) in [4.78, 5) is 28.0. The molecule has 2 heterocycles. The van der Waals surface area contributed by atoms with Gasteiger partial charge in [0.2, 0.25) is 0 Å². The van der Waals surface area contributed by atoms with Gasteiger partial charge in [0.25, 0.3) is 5.91 Å². The monoisotopic (exact) mass is 495 g/mol. The second kappa shape index (κ2) is 11.7. The molecule has 1 fully saturated rings. The van der Waals surface area contributed by atoms with Crippen molar-refractivity contribution in [3.8, 4) is 0 Å². The lowest BCUT2D eigenvalue weighted by Gasteiger charge is -2.28. The van der Waals surface area contributed by atoms with Crippen LogP contribution in [0.2, 0.25) is 0 Å². The SMILES string of the molecule is O=C(CCCc1cc(Cc2ccccc2)cs1)[C@H](O)[C@@H](O)C(=O)N1CCCC1c1cccc(F)c1. The van der Waals surface area contributed by atoms with E-state index in [1.165, 1.54) is 28.2 Å². The Hall–Kier alpha value is -2.87. The first-order valence-corrected chi connectivity index (χ1v) is 12.9. The number of hydrogen-bond donors (Lipinski definition) is 2. The van der Waals surface area contributed by atoms with E-state index in [2.05, 4.69) is 23.6 Å². The maximum atomic E-state index is 13.6. The van der Waals surface area contributed by atoms with Gasteiger partial charge in [-0.1, -0.05) is 42.5 Å². The quantitative estimate of drug-likeness (QED) is 0.436. The summed E-state index contributed by atoms with van der Waals surface area (Å²) in [5.74, 6) is -1.63. The van der Waals surface area contributed by atoms with Gasteiger partial charge in [-0.3, -0.25) is 9.59 Å². The van der Waals surface area contributed by atoms with Gasteiger partial charge >= 0.3 is 0 Å². The summed E-state index contributed by atoms with van der Waals surface area (Å²) < 4.78 is 13.6. The third kappa shape index (κ3) is 6.42. The van der Waals surface area contributed by atoms with Crippen molar-refractivity contribution in [2.75, 3.05) is 6.54 Å². The highest BCUT2D eigenvalue weighted by atomic mass is 32.1. The standard InChI is InChI=1S/C28H30FNO4S/c29-22-10-4-9-21(17-22)24-12-6-14-30(24)28(34)27(33)26(32)25(31)13-5-11-23-16-20(18-35-23)15-19-7-2-1-3-8-19/h1-4,7-10,16-18,24,26-27,32-33H,5-6,11-15H2/t24?,26-,27+/m0/s1. The predicted octanol–water partition coefficient (Wildman–Crippen LogP) is 4.46. The fourth-order valence-corrected chi connectivity index (χ4v) is 5.57. The summed E-state index contributed by atoms with van der Waals surface area (Å²) >= 11 is 1.65. The van der Waals surface area contributed by atoms with E-state index in [1.54, 1.807) is 23.5 Å². The number of rotatable bonds is 10. The largest absolute Gasteiger partial charge is 0.382 e. The number of carbonyl (C=O) groups is 2. The summed E-state index contributed by atoms with van der Waals surface area (Å²) in [7, 11) is 0. The zero-order valence-electron chi connectivity index (χ0n) is 19.5. The Morgan fingerprint density at radius 1 is 1.03 bits per heavy atom. The highest BCUT2D eigenvalue weighted by molar-refractivity contribution is 7.10. The molecule has 2 aromatic carbocycles. The number of amides is 1. The number of aliphatic hydroxyl groups is 2. The molecule has 2 N–H and O–H groups in total. The number of Topliss-reactive ketones (excluding diaryl/α,β-unsaturated/α-hetero) is 1. The number of aliphatic hydroxyl groups excluding tert-OH is 2. The summed E-state index contributed by atoms with van der Waals surface area (Å²) in [6.45, 7) is 0.391. The number of thiophene rings is 1. The van der Waals surface area contributed by atoms with Crippen molar-refractivity contribution >= 4 is 23.0 Å². The molecule has 1 aliphatic rings. The van der Waals surface area contributed by atoms with Crippen LogP contribution in [0.4, 0.5) is 4.39 Å². The molecular weight excluding hydrogens is 465 g/mol. The number of nitrogens with zero attached hydrogens (tertiary/aromatic N) is 1. The zero-order chi connectivity index (χ0) is 24.8. The second-order valence-electron chi connectivity index (χ2n) is 9.04. The van der Waals surface area contributed by atoms with Gasteiger partial charge in [-0.05, 0) is 72.4 Å². The first kappa shape index (κ1) is 25.2. The lowest BCUT2D eigenvalue weighted by atomic mass is 10.0. The van der Waals surface area contributed by atoms with Crippen molar-refractivity contribution in [2.24, 2.45) is 0 Å². The van der Waals surface area contributed by atoms with Crippen LogP contribution in [0.3, 0.4) is 0 Å². The number of aryl methyl sites for hydroxylation is 1. The molecular formula is C28H30FNO4S. The average molecular weight is 496 g/mol. The van der Waals surface area contributed by atoms with Crippen LogP contribution in [0.15, 0.2) is 66.0 Å². The van der Waals surface area contributed by atoms with Gasteiger partial charge in [-0.2, -0.15) is 0 Å². The van der Waals surface area contributed by atoms with Crippen molar-refractivity contribution in [3.05, 3.63) is 93.4 Å². The van der Waals surface area contributed by atoms with Crippen LogP contribution in [-0.4, -0.2) is 45.6 Å². The van der Waals surface area contributed by atoms with Crippen molar-refractivity contribution in [1.82, 2.24) is 4.90 Å². The lowest BCUT2D eigenvalue weighted by Crippen LogP contribution is -2.47. The fourth-order valence-electron chi connectivity index (χ4n) is 4.64. The third-order valence-electron chi connectivity index (χ3n) is 6.46. The molecule has 3 atom stereocenters. The molecule has 35 heavy (non-hydrogen) atoms. The first-order valence-electron chi connectivity index (χ1n) is 12.0. The molecule has 184 valence electrons. The van der Waals surface area contributed by atoms with Gasteiger partial charge in [-0.15, -0.1) is 11.3 Å². The number of ketones is 1. The Bertz CT molecular complexity index is 1150. The van der Waals surface area contributed by atoms with Crippen LogP contribution in [0.5, 0.6) is 0 Å². The maximum absolute atomic E-state index is 13.6. The van der Waals surface area contributed by atoms with Crippen molar-refractivity contribution in [3.63, 3.8) is 0 Å². The molecule has 1 aliphatic heterocycles. The number of likely N-dealkylation sites (tertiary alicyclic amines) is 1. The second-order valence-corrected chi connectivity index (χ2v) is 10.0. The summed E-state index contributed by atoms with van der Waals surface area (Å²) in [6.07, 6.45) is -0.103. The van der Waals surface area contributed by atoms with E-state index in [1.807, 2.05) is 18.2 Å². The van der Waals surface area contributed by atoms with Gasteiger partial charge in [0.15, 0.2) is 11.9 Å². The molecule has 0 saturated carbocycles. The van der Waals surface area contributed by atoms with E-state index in [0.717, 1.165) is 11.3 Å². The van der Waals surface area contributed by atoms with Crippen molar-refractivity contribution in [2.45, 2.75) is 56.8 Å². The van der Waals surface area contributed by atoms with Crippen LogP contribution in [0.25, 0.3) is 0 Å². The molecule has 0 spiro atoms. The minimum absolute atomic E-state index is 0.0742. The molecule has 1 aromatic heterocycles. The minimum Gasteiger partial charge on any atom is -0.382 e. The number of halogens is 1. The number of hydrogen-bond acceptors (Lipinski definition) is 5. The predicted molar refractivity (Wildman–Crippen MR) is 134 cm³/mol. The Kier molecular flexibility index (Phi) is 8.44. The lowest BCUT2D eigenvalue weighted by molar-refractivity contribution is -0.153. The maximum Gasteiger partial charge on any atom is 0.255 e. The average Bonchev–Trinajstić information content (AvgIpc) is 3.53. The van der Waals surface area contributed by atoms with Crippen LogP contribution in [-0.2, 0) is 22.4 Å². The Labute approximate surface area is 208 Å². The molecule has 7 heteroatoms. The fraction of sp³-hybridized carbons (Fsp3) is 0.357. The molecule has 4 rings (SSSR count). The van der Waals surface area contributed by atoms with Crippen LogP contribution < -0.4 is 0 Å². The molecule has 1 saturated heterocycles. The highest BCUT2D eigenvalue weighted by Gasteiger charge is 2.38. The molecule has 1 unspecified atom stereocenters. The highest BCUT2D eigenvalue weighted by Crippen LogP contribution is 2.33.